The van der Waals surface area contributed by atoms with Gasteiger partial charge in [-0.2, -0.15) is 5.10 Å². The monoisotopic (exact) mass is 378 g/mol. The molecule has 8 nitrogen and oxygen atoms in total. The second-order valence-electron chi connectivity index (χ2n) is 6.24. The van der Waals surface area contributed by atoms with Gasteiger partial charge in [0.05, 0.1) is 25.6 Å². The maximum atomic E-state index is 12.4. The summed E-state index contributed by atoms with van der Waals surface area (Å²) in [4.78, 5) is 12.4. The molecule has 0 unspecified atom stereocenters. The van der Waals surface area contributed by atoms with Crippen molar-refractivity contribution in [2.75, 3.05) is 31.8 Å². The summed E-state index contributed by atoms with van der Waals surface area (Å²) in [7, 11) is -1.59. The molecule has 2 heterocycles. The first-order valence-electron chi connectivity index (χ1n) is 8.32. The van der Waals surface area contributed by atoms with Crippen LogP contribution in [0.1, 0.15) is 29.2 Å². The van der Waals surface area contributed by atoms with Gasteiger partial charge in [0.15, 0.2) is 0 Å². The predicted octanol–water partition coefficient (Wildman–Crippen LogP) is 1.74. The van der Waals surface area contributed by atoms with E-state index in [1.54, 1.807) is 48.3 Å². The molecule has 1 aliphatic rings. The molecule has 0 atom stereocenters. The third-order valence-corrected chi connectivity index (χ3v) is 5.81. The molecule has 140 valence electrons. The fraction of sp³-hybridized carbons (Fsp3) is 0.412. The Hall–Kier alpha value is -2.39. The van der Waals surface area contributed by atoms with Crippen molar-refractivity contribution in [2.45, 2.75) is 18.9 Å². The Bertz CT molecular complexity index is 868. The van der Waals surface area contributed by atoms with Gasteiger partial charge in [0.2, 0.25) is 10.0 Å². The number of aromatic nitrogens is 2. The lowest BCUT2D eigenvalue weighted by atomic mass is 10.1. The minimum absolute atomic E-state index is 0.0502. The molecule has 0 aliphatic carbocycles. The molecule has 1 saturated heterocycles. The lowest BCUT2D eigenvalue weighted by Crippen LogP contribution is -2.38. The van der Waals surface area contributed by atoms with Crippen LogP contribution in [0.15, 0.2) is 36.5 Å². The zero-order chi connectivity index (χ0) is 18.7. The van der Waals surface area contributed by atoms with E-state index in [0.717, 1.165) is 0 Å². The maximum Gasteiger partial charge on any atom is 0.256 e. The zero-order valence-corrected chi connectivity index (χ0v) is 15.6. The summed E-state index contributed by atoms with van der Waals surface area (Å²) in [5, 5.41) is 7.19. The highest BCUT2D eigenvalue weighted by molar-refractivity contribution is 7.88. The Labute approximate surface area is 152 Å². The van der Waals surface area contributed by atoms with Gasteiger partial charge in [-0.25, -0.2) is 17.4 Å². The molecule has 0 bridgehead atoms. The number of rotatable bonds is 5. The normalized spacial score (nSPS) is 16.4. The summed E-state index contributed by atoms with van der Waals surface area (Å²) in [6, 6.07) is 8.64. The van der Waals surface area contributed by atoms with Crippen LogP contribution in [0, 0.1) is 0 Å². The highest BCUT2D eigenvalue weighted by atomic mass is 32.2. The Morgan fingerprint density at radius 2 is 1.85 bits per heavy atom. The number of anilines is 1. The van der Waals surface area contributed by atoms with Crippen LogP contribution in [-0.4, -0.2) is 54.9 Å². The summed E-state index contributed by atoms with van der Waals surface area (Å²) >= 11 is 0. The van der Waals surface area contributed by atoms with Crippen LogP contribution < -0.4 is 10.1 Å². The molecule has 1 fully saturated rings. The predicted molar refractivity (Wildman–Crippen MR) is 97.9 cm³/mol. The third-order valence-electron chi connectivity index (χ3n) is 4.50. The summed E-state index contributed by atoms with van der Waals surface area (Å²) in [6.07, 6.45) is 4.16. The number of piperidine rings is 1. The van der Waals surface area contributed by atoms with Crippen molar-refractivity contribution in [2.24, 2.45) is 0 Å². The van der Waals surface area contributed by atoms with E-state index in [9.17, 15) is 13.2 Å². The number of methoxy groups -OCH3 is 1. The smallest absolute Gasteiger partial charge is 0.256 e. The van der Waals surface area contributed by atoms with Crippen LogP contribution in [-0.2, 0) is 10.0 Å². The van der Waals surface area contributed by atoms with Gasteiger partial charge in [-0.3, -0.25) is 4.79 Å². The number of ether oxygens (including phenoxy) is 1. The van der Waals surface area contributed by atoms with E-state index in [0.29, 0.717) is 43.1 Å². The van der Waals surface area contributed by atoms with Crippen molar-refractivity contribution in [1.29, 1.82) is 0 Å². The van der Waals surface area contributed by atoms with Gasteiger partial charge in [0.25, 0.3) is 5.91 Å². The summed E-state index contributed by atoms with van der Waals surface area (Å²) < 4.78 is 31.6. The minimum Gasteiger partial charge on any atom is -0.497 e. The summed E-state index contributed by atoms with van der Waals surface area (Å²) in [5.41, 5.74) is 0.519. The van der Waals surface area contributed by atoms with Crippen LogP contribution in [0.4, 0.5) is 5.82 Å². The van der Waals surface area contributed by atoms with Crippen LogP contribution in [0.2, 0.25) is 0 Å². The Kier molecular flexibility index (Phi) is 5.28. The van der Waals surface area contributed by atoms with Gasteiger partial charge in [-0.05, 0) is 37.1 Å². The standard InChI is InChI=1S/C17H22N4O4S/c1-25-15-5-3-13(4-6-15)17(22)19-16-7-10-18-21(16)14-8-11-20(12-9-14)26(2,23)24/h3-7,10,14H,8-9,11-12H2,1-2H3,(H,19,22). The molecule has 1 aromatic carbocycles. The van der Waals surface area contributed by atoms with Crippen LogP contribution >= 0.6 is 0 Å². The van der Waals surface area contributed by atoms with Gasteiger partial charge in [0.1, 0.15) is 11.6 Å². The van der Waals surface area contributed by atoms with Crippen molar-refractivity contribution in [3.05, 3.63) is 42.1 Å². The van der Waals surface area contributed by atoms with Gasteiger partial charge in [0, 0.05) is 24.7 Å². The van der Waals surface area contributed by atoms with E-state index in [2.05, 4.69) is 10.4 Å². The first-order valence-corrected chi connectivity index (χ1v) is 10.2. The van der Waals surface area contributed by atoms with E-state index in [4.69, 9.17) is 4.74 Å². The summed E-state index contributed by atoms with van der Waals surface area (Å²) in [5.74, 6) is 1.05. The quantitative estimate of drug-likeness (QED) is 0.855. The second kappa shape index (κ2) is 7.46. The lowest BCUT2D eigenvalue weighted by molar-refractivity contribution is 0.102. The van der Waals surface area contributed by atoms with Gasteiger partial charge in [-0.1, -0.05) is 0 Å². The van der Waals surface area contributed by atoms with Crippen molar-refractivity contribution >= 4 is 21.7 Å². The van der Waals surface area contributed by atoms with Gasteiger partial charge in [-0.15, -0.1) is 0 Å². The van der Waals surface area contributed by atoms with Crippen molar-refractivity contribution < 1.29 is 17.9 Å². The van der Waals surface area contributed by atoms with Crippen molar-refractivity contribution in [1.82, 2.24) is 14.1 Å². The van der Waals surface area contributed by atoms with Crippen LogP contribution in [0.25, 0.3) is 0 Å². The number of nitrogens with zero attached hydrogens (tertiary/aromatic N) is 3. The highest BCUT2D eigenvalue weighted by Crippen LogP contribution is 2.26. The maximum absolute atomic E-state index is 12.4. The largest absolute Gasteiger partial charge is 0.497 e. The molecule has 0 radical (unpaired) electrons. The number of nitrogens with one attached hydrogen (secondary N) is 1. The fourth-order valence-electron chi connectivity index (χ4n) is 3.05. The van der Waals surface area contributed by atoms with Crippen molar-refractivity contribution in [3.63, 3.8) is 0 Å². The molecule has 1 amide bonds. The molecule has 26 heavy (non-hydrogen) atoms. The number of hydrogen-bond donors (Lipinski definition) is 1. The van der Waals surface area contributed by atoms with E-state index in [1.165, 1.54) is 10.6 Å². The minimum atomic E-state index is -3.17. The van der Waals surface area contributed by atoms with Crippen molar-refractivity contribution in [3.8, 4) is 5.75 Å². The molecule has 0 spiro atoms. The van der Waals surface area contributed by atoms with Gasteiger partial charge >= 0.3 is 0 Å². The molecular formula is C17H22N4O4S. The second-order valence-corrected chi connectivity index (χ2v) is 8.22. The average molecular weight is 378 g/mol. The highest BCUT2D eigenvalue weighted by Gasteiger charge is 2.27. The first-order chi connectivity index (χ1) is 12.4. The number of carbonyl (C=O) groups excluding carboxylic acids is 1. The summed E-state index contributed by atoms with van der Waals surface area (Å²) in [6.45, 7) is 0.907. The van der Waals surface area contributed by atoms with E-state index < -0.39 is 10.0 Å². The molecule has 1 N–H and O–H groups in total. The van der Waals surface area contributed by atoms with E-state index in [1.807, 2.05) is 0 Å². The lowest BCUT2D eigenvalue weighted by Gasteiger charge is -2.31. The first kappa shape index (κ1) is 18.4. The zero-order valence-electron chi connectivity index (χ0n) is 14.8. The van der Waals surface area contributed by atoms with Gasteiger partial charge < -0.3 is 10.1 Å². The Balaban J connectivity index is 1.68. The SMILES string of the molecule is COc1ccc(C(=O)Nc2ccnn2C2CCN(S(C)(=O)=O)CC2)cc1. The number of amides is 1. The molecular weight excluding hydrogens is 356 g/mol. The van der Waals surface area contributed by atoms with E-state index in [-0.39, 0.29) is 11.9 Å². The fourth-order valence-corrected chi connectivity index (χ4v) is 3.93. The third kappa shape index (κ3) is 4.05. The topological polar surface area (TPSA) is 93.5 Å². The average Bonchev–Trinajstić information content (AvgIpc) is 3.09. The molecule has 2 aromatic rings. The van der Waals surface area contributed by atoms with E-state index >= 15 is 0 Å². The Morgan fingerprint density at radius 1 is 1.19 bits per heavy atom. The number of carbonyl (C=O) groups is 1. The molecule has 1 aliphatic heterocycles. The molecule has 1 aromatic heterocycles. The number of hydrogen-bond acceptors (Lipinski definition) is 5. The van der Waals surface area contributed by atoms with Crippen LogP contribution in [0.5, 0.6) is 5.75 Å². The number of sulfonamides is 1. The van der Waals surface area contributed by atoms with Crippen LogP contribution in [0.3, 0.4) is 0 Å². The molecule has 3 rings (SSSR count). The molecule has 0 saturated carbocycles. The number of benzene rings is 1. The molecule has 9 heteroatoms. The Morgan fingerprint density at radius 3 is 2.42 bits per heavy atom.